The van der Waals surface area contributed by atoms with Crippen LogP contribution in [-0.2, 0) is 9.47 Å². The number of hydrogen-bond acceptors (Lipinski definition) is 7. The van der Waals surface area contributed by atoms with Crippen molar-refractivity contribution in [1.82, 2.24) is 9.97 Å². The van der Waals surface area contributed by atoms with Gasteiger partial charge in [0.15, 0.2) is 11.5 Å². The number of benzene rings is 2. The van der Waals surface area contributed by atoms with Crippen LogP contribution >= 0.6 is 11.6 Å². The molecular weight excluding hydrogens is 418 g/mol. The van der Waals surface area contributed by atoms with Gasteiger partial charge >= 0.3 is 0 Å². The Morgan fingerprint density at radius 2 is 1.65 bits per heavy atom. The summed E-state index contributed by atoms with van der Waals surface area (Å²) in [5.41, 5.74) is 3.21. The van der Waals surface area contributed by atoms with Gasteiger partial charge in [-0.15, -0.1) is 6.42 Å². The lowest BCUT2D eigenvalue weighted by Crippen LogP contribution is -2.09. The maximum Gasteiger partial charge on any atom is 0.224 e. The minimum atomic E-state index is 0.108. The van der Waals surface area contributed by atoms with Crippen LogP contribution in [0.3, 0.4) is 0 Å². The first-order valence-corrected chi connectivity index (χ1v) is 10.0. The molecule has 0 aliphatic carbocycles. The van der Waals surface area contributed by atoms with Crippen LogP contribution in [0.5, 0.6) is 11.5 Å². The van der Waals surface area contributed by atoms with Crippen molar-refractivity contribution >= 4 is 34.0 Å². The summed E-state index contributed by atoms with van der Waals surface area (Å²) in [6.07, 6.45) is 5.55. The topological polar surface area (TPSA) is 74.7 Å². The van der Waals surface area contributed by atoms with Crippen molar-refractivity contribution in [2.24, 2.45) is 0 Å². The molecule has 0 saturated carbocycles. The summed E-state index contributed by atoms with van der Waals surface area (Å²) in [6, 6.07) is 9.32. The van der Waals surface area contributed by atoms with Gasteiger partial charge in [-0.3, -0.25) is 0 Å². The van der Waals surface area contributed by atoms with Gasteiger partial charge in [0.2, 0.25) is 5.28 Å². The fourth-order valence-electron chi connectivity index (χ4n) is 2.87. The van der Waals surface area contributed by atoms with Crippen molar-refractivity contribution in [1.29, 1.82) is 0 Å². The second kappa shape index (κ2) is 10.8. The summed E-state index contributed by atoms with van der Waals surface area (Å²) >= 11 is 6.21. The Kier molecular flexibility index (Phi) is 7.90. The fraction of sp³-hybridized carbons (Fsp3) is 0.304. The second-order valence-electron chi connectivity index (χ2n) is 6.64. The first-order valence-electron chi connectivity index (χ1n) is 9.64. The molecule has 0 fully saturated rings. The average molecular weight is 442 g/mol. The quantitative estimate of drug-likeness (QED) is 0.284. The third-order valence-corrected chi connectivity index (χ3v) is 4.65. The molecule has 0 saturated heterocycles. The summed E-state index contributed by atoms with van der Waals surface area (Å²) in [6.45, 7) is 3.59. The Balaban J connectivity index is 2.05. The third-order valence-electron chi connectivity index (χ3n) is 4.48. The van der Waals surface area contributed by atoms with Gasteiger partial charge in [0.05, 0.1) is 18.7 Å². The number of methoxy groups -OCH3 is 2. The number of ether oxygens (including phenoxy) is 4. The van der Waals surface area contributed by atoms with Crippen molar-refractivity contribution in [2.45, 2.75) is 6.92 Å². The average Bonchev–Trinajstić information content (AvgIpc) is 2.76. The highest BCUT2D eigenvalue weighted by Gasteiger charge is 2.15. The molecule has 0 spiro atoms. The van der Waals surface area contributed by atoms with Crippen molar-refractivity contribution in [3.8, 4) is 23.8 Å². The molecule has 0 unspecified atom stereocenters. The summed E-state index contributed by atoms with van der Waals surface area (Å²) in [4.78, 5) is 8.74. The largest absolute Gasteiger partial charge is 0.487 e. The van der Waals surface area contributed by atoms with E-state index in [-0.39, 0.29) is 5.28 Å². The van der Waals surface area contributed by atoms with Crippen molar-refractivity contribution < 1.29 is 18.9 Å². The minimum Gasteiger partial charge on any atom is -0.487 e. The molecule has 0 aliphatic rings. The number of hydrogen-bond donors (Lipinski definition) is 1. The van der Waals surface area contributed by atoms with E-state index >= 15 is 0 Å². The molecule has 0 amide bonds. The minimum absolute atomic E-state index is 0.108. The van der Waals surface area contributed by atoms with Crippen molar-refractivity contribution in [2.75, 3.05) is 46.0 Å². The molecular formula is C23H24ClN3O4. The molecule has 0 aliphatic heterocycles. The molecule has 3 rings (SSSR count). The zero-order valence-electron chi connectivity index (χ0n) is 17.7. The number of nitrogens with one attached hydrogen (secondary N) is 1. The lowest BCUT2D eigenvalue weighted by molar-refractivity contribution is 0.132. The molecule has 31 heavy (non-hydrogen) atoms. The number of aromatic nitrogens is 2. The van der Waals surface area contributed by atoms with E-state index < -0.39 is 0 Å². The third kappa shape index (κ3) is 5.76. The van der Waals surface area contributed by atoms with Crippen LogP contribution in [0.1, 0.15) is 11.1 Å². The number of halogens is 1. The van der Waals surface area contributed by atoms with E-state index in [1.54, 1.807) is 20.3 Å². The zero-order valence-corrected chi connectivity index (χ0v) is 18.5. The molecule has 1 aromatic heterocycles. The summed E-state index contributed by atoms with van der Waals surface area (Å²) in [7, 11) is 3.23. The van der Waals surface area contributed by atoms with E-state index in [1.165, 1.54) is 0 Å². The van der Waals surface area contributed by atoms with E-state index in [0.717, 1.165) is 22.2 Å². The van der Waals surface area contributed by atoms with Crippen LogP contribution in [0, 0.1) is 19.3 Å². The predicted octanol–water partition coefficient (Wildman–Crippen LogP) is 4.37. The second-order valence-corrected chi connectivity index (χ2v) is 6.98. The van der Waals surface area contributed by atoms with Gasteiger partial charge in [0.25, 0.3) is 0 Å². The van der Waals surface area contributed by atoms with E-state index in [0.29, 0.717) is 49.3 Å². The van der Waals surface area contributed by atoms with Gasteiger partial charge in [0.1, 0.15) is 19.0 Å². The van der Waals surface area contributed by atoms with Gasteiger partial charge in [-0.25, -0.2) is 4.98 Å². The van der Waals surface area contributed by atoms with Crippen LogP contribution in [-0.4, -0.2) is 50.6 Å². The number of nitrogens with zero attached hydrogens (tertiary/aromatic N) is 2. The van der Waals surface area contributed by atoms with Crippen LogP contribution in [0.25, 0.3) is 10.9 Å². The number of aryl methyl sites for hydroxylation is 1. The van der Waals surface area contributed by atoms with Crippen LogP contribution in [0.4, 0.5) is 11.5 Å². The molecule has 0 atom stereocenters. The molecule has 3 aromatic rings. The number of anilines is 2. The van der Waals surface area contributed by atoms with E-state index in [2.05, 4.69) is 21.2 Å². The van der Waals surface area contributed by atoms with Gasteiger partial charge in [-0.2, -0.15) is 4.98 Å². The first-order chi connectivity index (χ1) is 15.0. The summed E-state index contributed by atoms with van der Waals surface area (Å²) in [5.74, 6) is 4.25. The monoisotopic (exact) mass is 441 g/mol. The normalized spacial score (nSPS) is 10.7. The Morgan fingerprint density at radius 1 is 0.968 bits per heavy atom. The first kappa shape index (κ1) is 22.6. The van der Waals surface area contributed by atoms with Crippen molar-refractivity contribution in [3.63, 3.8) is 0 Å². The highest BCUT2D eigenvalue weighted by molar-refractivity contribution is 6.28. The number of terminal acetylenes is 1. The molecule has 0 radical (unpaired) electrons. The SMILES string of the molecule is C#Cc1ccc(C)c(Nc2nc(Cl)nc3cc(OCCOC)c(OCCOC)cc23)c1. The smallest absolute Gasteiger partial charge is 0.224 e. The molecule has 0 bridgehead atoms. The molecule has 8 heteroatoms. The molecule has 7 nitrogen and oxygen atoms in total. The van der Waals surface area contributed by atoms with Crippen LogP contribution < -0.4 is 14.8 Å². The summed E-state index contributed by atoms with van der Waals surface area (Å²) in [5, 5.41) is 4.16. The van der Waals surface area contributed by atoms with Gasteiger partial charge in [-0.1, -0.05) is 12.0 Å². The fourth-order valence-corrected chi connectivity index (χ4v) is 3.05. The van der Waals surface area contributed by atoms with Crippen LogP contribution in [0.15, 0.2) is 30.3 Å². The molecule has 1 N–H and O–H groups in total. The Labute approximate surface area is 186 Å². The molecule has 2 aromatic carbocycles. The highest BCUT2D eigenvalue weighted by Crippen LogP contribution is 2.36. The zero-order chi connectivity index (χ0) is 22.2. The van der Waals surface area contributed by atoms with Gasteiger partial charge < -0.3 is 24.3 Å². The Hall–Kier alpha value is -3.05. The van der Waals surface area contributed by atoms with Gasteiger partial charge in [-0.05, 0) is 42.3 Å². The molecule has 162 valence electrons. The van der Waals surface area contributed by atoms with E-state index in [9.17, 15) is 0 Å². The van der Waals surface area contributed by atoms with E-state index in [4.69, 9.17) is 37.0 Å². The Bertz CT molecular complexity index is 1100. The lowest BCUT2D eigenvalue weighted by atomic mass is 10.1. The summed E-state index contributed by atoms with van der Waals surface area (Å²) < 4.78 is 21.9. The lowest BCUT2D eigenvalue weighted by Gasteiger charge is -2.16. The van der Waals surface area contributed by atoms with Crippen LogP contribution in [0.2, 0.25) is 5.28 Å². The van der Waals surface area contributed by atoms with Gasteiger partial charge in [0, 0.05) is 36.9 Å². The highest BCUT2D eigenvalue weighted by atomic mass is 35.5. The van der Waals surface area contributed by atoms with E-state index in [1.807, 2.05) is 31.2 Å². The molecule has 1 heterocycles. The number of fused-ring (bicyclic) bond motifs is 1. The Morgan fingerprint density at radius 3 is 2.29 bits per heavy atom. The maximum absolute atomic E-state index is 6.21. The number of rotatable bonds is 10. The standard InChI is InChI=1S/C23H24ClN3O4/c1-5-16-7-6-15(2)18(12-16)25-22-17-13-20(30-10-8-28-3)21(31-11-9-29-4)14-19(17)26-23(24)27-22/h1,6-7,12-14H,8-11H2,2-4H3,(H,25,26,27). The predicted molar refractivity (Wildman–Crippen MR) is 122 cm³/mol. The maximum atomic E-state index is 6.21. The van der Waals surface area contributed by atoms with Crippen molar-refractivity contribution in [3.05, 3.63) is 46.7 Å².